The first kappa shape index (κ1) is 15.1. The second kappa shape index (κ2) is 6.12. The van der Waals surface area contributed by atoms with E-state index in [1.165, 1.54) is 0 Å². The minimum atomic E-state index is -0.189. The van der Waals surface area contributed by atoms with Crippen LogP contribution in [0.25, 0.3) is 0 Å². The molecule has 0 atom stereocenters. The van der Waals surface area contributed by atoms with Crippen molar-refractivity contribution < 1.29 is 14.3 Å². The van der Waals surface area contributed by atoms with Gasteiger partial charge in [0.1, 0.15) is 0 Å². The molecule has 0 spiro atoms. The van der Waals surface area contributed by atoms with Crippen LogP contribution in [0, 0.1) is 6.92 Å². The fourth-order valence-electron chi connectivity index (χ4n) is 2.22. The van der Waals surface area contributed by atoms with Gasteiger partial charge in [0.25, 0.3) is 5.91 Å². The maximum Gasteiger partial charge on any atom is 0.251 e. The topological polar surface area (TPSA) is 76.6 Å². The lowest BCUT2D eigenvalue weighted by molar-refractivity contribution is 0.0950. The molecule has 0 aliphatic carbocycles. The van der Waals surface area contributed by atoms with Gasteiger partial charge in [-0.3, -0.25) is 4.79 Å². The molecule has 2 heterocycles. The first-order chi connectivity index (χ1) is 11.0. The number of carbonyl (C=O) groups is 1. The molecule has 0 fully saturated rings. The molecule has 2 aromatic rings. The summed E-state index contributed by atoms with van der Waals surface area (Å²) in [6.45, 7) is 2.42. The third-order valence-electron chi connectivity index (χ3n) is 3.36. The van der Waals surface area contributed by atoms with E-state index in [0.717, 1.165) is 11.4 Å². The number of hydrogen-bond donors (Lipinski definition) is 1. The highest BCUT2D eigenvalue weighted by Crippen LogP contribution is 2.32. The van der Waals surface area contributed by atoms with E-state index < -0.39 is 0 Å². The zero-order chi connectivity index (χ0) is 16.4. The molecule has 7 nitrogen and oxygen atoms in total. The lowest BCUT2D eigenvalue weighted by Crippen LogP contribution is -2.24. The van der Waals surface area contributed by atoms with Crippen LogP contribution >= 0.6 is 0 Å². The normalized spacial score (nSPS) is 12.1. The summed E-state index contributed by atoms with van der Waals surface area (Å²) < 4.78 is 10.5. The first-order valence-corrected chi connectivity index (χ1v) is 7.22. The number of carbonyl (C=O) groups excluding carboxylic acids is 1. The highest BCUT2D eigenvalue weighted by Gasteiger charge is 2.16. The van der Waals surface area contributed by atoms with Gasteiger partial charge in [0.15, 0.2) is 11.5 Å². The molecule has 1 aromatic heterocycles. The zero-order valence-electron chi connectivity index (χ0n) is 13.3. The quantitative estimate of drug-likeness (QED) is 0.922. The Bertz CT molecular complexity index is 746. The Morgan fingerprint density at radius 2 is 2.00 bits per heavy atom. The van der Waals surface area contributed by atoms with E-state index in [9.17, 15) is 4.79 Å². The Hall–Kier alpha value is -2.83. The molecule has 3 rings (SSSR count). The number of nitrogens with zero attached hydrogens (tertiary/aromatic N) is 3. The molecule has 0 saturated heterocycles. The Labute approximate surface area is 134 Å². The number of aromatic nitrogens is 2. The van der Waals surface area contributed by atoms with Crippen LogP contribution in [0.3, 0.4) is 0 Å². The molecule has 1 N–H and O–H groups in total. The smallest absolute Gasteiger partial charge is 0.251 e. The fraction of sp³-hybridized carbons (Fsp3) is 0.312. The molecule has 0 unspecified atom stereocenters. The summed E-state index contributed by atoms with van der Waals surface area (Å²) in [4.78, 5) is 22.8. The monoisotopic (exact) mass is 314 g/mol. The number of amides is 1. The SMILES string of the molecule is Cc1cc(CNC(=O)c2ccc3c(c2)OCO3)nc(N(C)C)n1. The lowest BCUT2D eigenvalue weighted by Gasteiger charge is -2.12. The number of nitrogens with one attached hydrogen (secondary N) is 1. The number of benzene rings is 1. The summed E-state index contributed by atoms with van der Waals surface area (Å²) >= 11 is 0. The van der Waals surface area contributed by atoms with Crippen molar-refractivity contribution in [2.45, 2.75) is 13.5 Å². The van der Waals surface area contributed by atoms with Crippen LogP contribution in [-0.2, 0) is 6.54 Å². The highest BCUT2D eigenvalue weighted by atomic mass is 16.7. The predicted molar refractivity (Wildman–Crippen MR) is 84.8 cm³/mol. The third-order valence-corrected chi connectivity index (χ3v) is 3.36. The van der Waals surface area contributed by atoms with Crippen LogP contribution in [0.1, 0.15) is 21.7 Å². The molecule has 1 aromatic carbocycles. The van der Waals surface area contributed by atoms with Gasteiger partial charge in [-0.15, -0.1) is 0 Å². The van der Waals surface area contributed by atoms with Crippen molar-refractivity contribution in [2.24, 2.45) is 0 Å². The maximum atomic E-state index is 12.3. The predicted octanol–water partition coefficient (Wildman–Crippen LogP) is 1.51. The fourth-order valence-corrected chi connectivity index (χ4v) is 2.22. The van der Waals surface area contributed by atoms with Gasteiger partial charge in [-0.05, 0) is 31.2 Å². The van der Waals surface area contributed by atoms with Crippen molar-refractivity contribution in [3.63, 3.8) is 0 Å². The Kier molecular flexibility index (Phi) is 4.01. The van der Waals surface area contributed by atoms with Gasteiger partial charge in [-0.25, -0.2) is 9.97 Å². The molecule has 7 heteroatoms. The summed E-state index contributed by atoms with van der Waals surface area (Å²) in [6.07, 6.45) is 0. The average Bonchev–Trinajstić information content (AvgIpc) is 2.99. The summed E-state index contributed by atoms with van der Waals surface area (Å²) in [5.74, 6) is 1.68. The first-order valence-electron chi connectivity index (χ1n) is 7.22. The van der Waals surface area contributed by atoms with Crippen molar-refractivity contribution in [1.82, 2.24) is 15.3 Å². The van der Waals surface area contributed by atoms with Crippen LogP contribution in [0.5, 0.6) is 11.5 Å². The Balaban J connectivity index is 1.69. The van der Waals surface area contributed by atoms with E-state index in [2.05, 4.69) is 15.3 Å². The van der Waals surface area contributed by atoms with Crippen LogP contribution in [-0.4, -0.2) is 36.8 Å². The van der Waals surface area contributed by atoms with Gasteiger partial charge in [0.2, 0.25) is 12.7 Å². The summed E-state index contributed by atoms with van der Waals surface area (Å²) in [6, 6.07) is 6.97. The minimum absolute atomic E-state index is 0.188. The third kappa shape index (κ3) is 3.33. The number of aryl methyl sites for hydroxylation is 1. The van der Waals surface area contributed by atoms with Gasteiger partial charge in [-0.1, -0.05) is 0 Å². The molecule has 23 heavy (non-hydrogen) atoms. The summed E-state index contributed by atoms with van der Waals surface area (Å²) in [7, 11) is 3.76. The summed E-state index contributed by atoms with van der Waals surface area (Å²) in [5.41, 5.74) is 2.14. The average molecular weight is 314 g/mol. The van der Waals surface area contributed by atoms with E-state index >= 15 is 0 Å². The molecule has 0 radical (unpaired) electrons. The standard InChI is InChI=1S/C16H18N4O3/c1-10-6-12(19-16(18-10)20(2)3)8-17-15(21)11-4-5-13-14(7-11)23-9-22-13/h4-7H,8-9H2,1-3H3,(H,17,21). The summed E-state index contributed by atoms with van der Waals surface area (Å²) in [5, 5.41) is 2.86. The van der Waals surface area contributed by atoms with E-state index in [1.807, 2.05) is 32.0 Å². The molecular formula is C16H18N4O3. The van der Waals surface area contributed by atoms with E-state index in [0.29, 0.717) is 29.6 Å². The van der Waals surface area contributed by atoms with Crippen molar-refractivity contribution in [2.75, 3.05) is 25.8 Å². The molecule has 0 bridgehead atoms. The highest BCUT2D eigenvalue weighted by molar-refractivity contribution is 5.94. The van der Waals surface area contributed by atoms with Crippen LogP contribution in [0.15, 0.2) is 24.3 Å². The molecule has 120 valence electrons. The second-order valence-electron chi connectivity index (χ2n) is 5.45. The van der Waals surface area contributed by atoms with Crippen LogP contribution < -0.4 is 19.7 Å². The molecule has 1 amide bonds. The number of anilines is 1. The van der Waals surface area contributed by atoms with Gasteiger partial charge >= 0.3 is 0 Å². The second-order valence-corrected chi connectivity index (χ2v) is 5.45. The minimum Gasteiger partial charge on any atom is -0.454 e. The number of rotatable bonds is 4. The lowest BCUT2D eigenvalue weighted by atomic mass is 10.2. The van der Waals surface area contributed by atoms with E-state index in [1.54, 1.807) is 18.2 Å². The number of hydrogen-bond acceptors (Lipinski definition) is 6. The van der Waals surface area contributed by atoms with Gasteiger partial charge in [-0.2, -0.15) is 0 Å². The van der Waals surface area contributed by atoms with E-state index in [4.69, 9.17) is 9.47 Å². The van der Waals surface area contributed by atoms with Crippen molar-refractivity contribution in [3.8, 4) is 11.5 Å². The molecule has 1 aliphatic heterocycles. The number of ether oxygens (including phenoxy) is 2. The molecular weight excluding hydrogens is 296 g/mol. The zero-order valence-corrected chi connectivity index (χ0v) is 13.3. The van der Waals surface area contributed by atoms with E-state index in [-0.39, 0.29) is 12.7 Å². The van der Waals surface area contributed by atoms with Gasteiger partial charge in [0, 0.05) is 25.4 Å². The Morgan fingerprint density at radius 1 is 1.22 bits per heavy atom. The molecule has 1 aliphatic rings. The van der Waals surface area contributed by atoms with Gasteiger partial charge in [0.05, 0.1) is 12.2 Å². The van der Waals surface area contributed by atoms with Crippen LogP contribution in [0.2, 0.25) is 0 Å². The van der Waals surface area contributed by atoms with Crippen LogP contribution in [0.4, 0.5) is 5.95 Å². The van der Waals surface area contributed by atoms with Crippen molar-refractivity contribution in [1.29, 1.82) is 0 Å². The number of fused-ring (bicyclic) bond motifs is 1. The van der Waals surface area contributed by atoms with Crippen molar-refractivity contribution in [3.05, 3.63) is 41.2 Å². The molecule has 0 saturated carbocycles. The largest absolute Gasteiger partial charge is 0.454 e. The van der Waals surface area contributed by atoms with Gasteiger partial charge < -0.3 is 19.7 Å². The maximum absolute atomic E-state index is 12.3. The Morgan fingerprint density at radius 3 is 2.78 bits per heavy atom. The van der Waals surface area contributed by atoms with Crippen molar-refractivity contribution >= 4 is 11.9 Å².